The van der Waals surface area contributed by atoms with Crippen LogP contribution in [0.2, 0.25) is 0 Å². The summed E-state index contributed by atoms with van der Waals surface area (Å²) in [5.41, 5.74) is 5.36. The van der Waals surface area contributed by atoms with E-state index in [-0.39, 0.29) is 0 Å². The Morgan fingerprint density at radius 3 is 0.911 bits per heavy atom. The summed E-state index contributed by atoms with van der Waals surface area (Å²) in [5, 5.41) is 0. The summed E-state index contributed by atoms with van der Waals surface area (Å²) in [4.78, 5) is 0. The first-order valence-electron chi connectivity index (χ1n) is 18.0. The zero-order valence-electron chi connectivity index (χ0n) is 29.7. The molecule has 0 N–H and O–H groups in total. The van der Waals surface area contributed by atoms with Crippen LogP contribution in [0.5, 0.6) is 0 Å². The fourth-order valence-corrected chi connectivity index (χ4v) is 6.88. The summed E-state index contributed by atoms with van der Waals surface area (Å²) in [6, 6.07) is 43.5. The fraction of sp³-hybridized carbons (Fsp3) is 0.442. The van der Waals surface area contributed by atoms with Crippen LogP contribution >= 0.6 is 0 Å². The van der Waals surface area contributed by atoms with Crippen LogP contribution in [0.4, 0.5) is 0 Å². The smallest absolute Gasteiger partial charge is 0.108 e. The van der Waals surface area contributed by atoms with Crippen molar-refractivity contribution in [1.29, 1.82) is 0 Å². The number of hydrogen-bond donors (Lipinski definition) is 0. The van der Waals surface area contributed by atoms with E-state index in [9.17, 15) is 0 Å². The monoisotopic (exact) mass is 603 g/mol. The molecule has 4 aromatic rings. The molecule has 242 valence electrons. The molecule has 0 heterocycles. The van der Waals surface area contributed by atoms with E-state index in [2.05, 4.69) is 170 Å². The number of rotatable bonds is 16. The first-order valence-corrected chi connectivity index (χ1v) is 18.0. The van der Waals surface area contributed by atoms with Gasteiger partial charge in [-0.15, -0.1) is 0 Å². The number of nitrogens with zero attached hydrogens (tertiary/aromatic N) is 1. The SMILES string of the molecule is CCCC[N+](CCC(C)C)(CCC(C)C)CCC(C)C.c1ccc([B-](c2ccccc2)(c2ccccc2)c2ccccc2)cc1. The molecule has 0 aliphatic carbocycles. The van der Waals surface area contributed by atoms with Gasteiger partial charge in [0.25, 0.3) is 0 Å². The molecule has 0 unspecified atom stereocenters. The largest absolute Gasteiger partial charge is 0.324 e. The fourth-order valence-electron chi connectivity index (χ4n) is 6.88. The second-order valence-corrected chi connectivity index (χ2v) is 14.6. The van der Waals surface area contributed by atoms with Crippen LogP contribution in [-0.4, -0.2) is 36.8 Å². The lowest BCUT2D eigenvalue weighted by Crippen LogP contribution is -2.74. The van der Waals surface area contributed by atoms with Crippen molar-refractivity contribution < 1.29 is 4.48 Å². The third kappa shape index (κ3) is 10.7. The summed E-state index contributed by atoms with van der Waals surface area (Å²) in [6.07, 6.45) is 5.69. The standard InChI is InChI=1S/C24H20B.C19H42N/c1-5-13-21(14-6-1)25(22-15-7-2-8-16-22,23-17-9-3-10-18-23)24-19-11-4-12-20-24;1-8-9-13-20(14-10-17(2)3,15-11-18(4)5)16-12-19(6)7/h1-20H;17-19H,8-16H2,1-7H3/q-1;+1. The normalized spacial score (nSPS) is 12.0. The molecule has 1 nitrogen and oxygen atoms in total. The van der Waals surface area contributed by atoms with Crippen LogP contribution in [-0.2, 0) is 0 Å². The highest BCUT2D eigenvalue weighted by atomic mass is 15.3. The number of hydrogen-bond acceptors (Lipinski definition) is 0. The summed E-state index contributed by atoms with van der Waals surface area (Å²) in [7, 11) is 0. The second-order valence-electron chi connectivity index (χ2n) is 14.6. The van der Waals surface area contributed by atoms with Crippen molar-refractivity contribution in [2.45, 2.75) is 80.6 Å². The molecule has 0 atom stereocenters. The predicted octanol–water partition coefficient (Wildman–Crippen LogP) is 8.81. The van der Waals surface area contributed by atoms with Crippen molar-refractivity contribution in [3.8, 4) is 0 Å². The van der Waals surface area contributed by atoms with Gasteiger partial charge in [0, 0.05) is 0 Å². The van der Waals surface area contributed by atoms with Crippen LogP contribution in [0.25, 0.3) is 0 Å². The highest BCUT2D eigenvalue weighted by Crippen LogP contribution is 2.20. The molecule has 0 fully saturated rings. The molecule has 0 bridgehead atoms. The first kappa shape index (κ1) is 36.4. The van der Waals surface area contributed by atoms with E-state index < -0.39 is 6.15 Å². The highest BCUT2D eigenvalue weighted by molar-refractivity contribution is 7.19. The van der Waals surface area contributed by atoms with Gasteiger partial charge in [-0.2, -0.15) is 21.9 Å². The molecule has 0 saturated heterocycles. The number of unbranched alkanes of at least 4 members (excludes halogenated alkanes) is 1. The van der Waals surface area contributed by atoms with Gasteiger partial charge in [0.15, 0.2) is 0 Å². The van der Waals surface area contributed by atoms with Gasteiger partial charge in [0.1, 0.15) is 6.15 Å². The van der Waals surface area contributed by atoms with E-state index in [0.717, 1.165) is 17.8 Å². The lowest BCUT2D eigenvalue weighted by Gasteiger charge is -2.44. The molecular weight excluding hydrogens is 541 g/mol. The maximum absolute atomic E-state index is 2.37. The van der Waals surface area contributed by atoms with E-state index in [1.165, 1.54) is 84.6 Å². The van der Waals surface area contributed by atoms with Crippen LogP contribution in [0.3, 0.4) is 0 Å². The molecule has 0 aliphatic rings. The maximum atomic E-state index is 2.37. The maximum Gasteiger partial charge on any atom is 0.108 e. The number of quaternary nitrogens is 1. The summed E-state index contributed by atoms with van der Waals surface area (Å²) in [5.74, 6) is 2.52. The Hall–Kier alpha value is -3.10. The van der Waals surface area contributed by atoms with E-state index in [0.29, 0.717) is 0 Å². The Morgan fingerprint density at radius 2 is 0.689 bits per heavy atom. The topological polar surface area (TPSA) is 0 Å². The van der Waals surface area contributed by atoms with Crippen LogP contribution < -0.4 is 21.9 Å². The minimum Gasteiger partial charge on any atom is -0.324 e. The first-order chi connectivity index (χ1) is 21.7. The van der Waals surface area contributed by atoms with E-state index >= 15 is 0 Å². The van der Waals surface area contributed by atoms with Crippen molar-refractivity contribution in [3.63, 3.8) is 0 Å². The lowest BCUT2D eigenvalue weighted by molar-refractivity contribution is -0.929. The zero-order chi connectivity index (χ0) is 32.5. The van der Waals surface area contributed by atoms with Crippen molar-refractivity contribution in [2.24, 2.45) is 17.8 Å². The Bertz CT molecular complexity index is 1100. The van der Waals surface area contributed by atoms with Gasteiger partial charge < -0.3 is 4.48 Å². The molecule has 2 heteroatoms. The summed E-state index contributed by atoms with van der Waals surface area (Å²) < 4.78 is 1.39. The van der Waals surface area contributed by atoms with Gasteiger partial charge in [-0.1, -0.05) is 176 Å². The molecule has 4 rings (SSSR count). The zero-order valence-corrected chi connectivity index (χ0v) is 29.7. The molecule has 0 aliphatic heterocycles. The van der Waals surface area contributed by atoms with Gasteiger partial charge in [-0.25, -0.2) is 0 Å². The summed E-state index contributed by atoms with van der Waals surface area (Å²) in [6.45, 7) is 22.2. The third-order valence-corrected chi connectivity index (χ3v) is 9.73. The van der Waals surface area contributed by atoms with Gasteiger partial charge in [0.05, 0.1) is 26.2 Å². The average molecular weight is 604 g/mol. The van der Waals surface area contributed by atoms with E-state index in [4.69, 9.17) is 0 Å². The van der Waals surface area contributed by atoms with Gasteiger partial charge in [0.2, 0.25) is 0 Å². The molecule has 0 radical (unpaired) electrons. The van der Waals surface area contributed by atoms with Gasteiger partial charge in [-0.05, 0) is 43.4 Å². The lowest BCUT2D eigenvalue weighted by atomic mass is 9.13. The van der Waals surface area contributed by atoms with Crippen molar-refractivity contribution in [2.75, 3.05) is 26.2 Å². The Kier molecular flexibility index (Phi) is 15.2. The Labute approximate surface area is 277 Å². The molecule has 0 saturated carbocycles. The van der Waals surface area contributed by atoms with E-state index in [1.54, 1.807) is 0 Å². The second kappa shape index (κ2) is 18.8. The third-order valence-electron chi connectivity index (χ3n) is 9.73. The van der Waals surface area contributed by atoms with Gasteiger partial charge in [-0.3, -0.25) is 0 Å². The van der Waals surface area contributed by atoms with Crippen LogP contribution in [0.1, 0.15) is 80.6 Å². The van der Waals surface area contributed by atoms with Crippen LogP contribution in [0, 0.1) is 17.8 Å². The Balaban J connectivity index is 0.000000254. The van der Waals surface area contributed by atoms with Crippen molar-refractivity contribution >= 4 is 28.0 Å². The minimum atomic E-state index is -1.22. The van der Waals surface area contributed by atoms with Gasteiger partial charge >= 0.3 is 0 Å². The molecule has 0 spiro atoms. The molecular formula is C43H62BN. The molecule has 45 heavy (non-hydrogen) atoms. The van der Waals surface area contributed by atoms with E-state index in [1.807, 2.05) is 0 Å². The molecule has 0 aromatic heterocycles. The Morgan fingerprint density at radius 1 is 0.422 bits per heavy atom. The summed E-state index contributed by atoms with van der Waals surface area (Å²) >= 11 is 0. The minimum absolute atomic E-state index is 0.840. The molecule has 0 amide bonds. The quantitative estimate of drug-likeness (QED) is 0.0887. The average Bonchev–Trinajstić information content (AvgIpc) is 3.07. The number of benzene rings is 4. The predicted molar refractivity (Wildman–Crippen MR) is 203 cm³/mol. The van der Waals surface area contributed by atoms with Crippen molar-refractivity contribution in [3.05, 3.63) is 121 Å². The van der Waals surface area contributed by atoms with Crippen molar-refractivity contribution in [1.82, 2.24) is 0 Å². The highest BCUT2D eigenvalue weighted by Gasteiger charge is 2.31. The van der Waals surface area contributed by atoms with Crippen LogP contribution in [0.15, 0.2) is 121 Å². The molecule has 4 aromatic carbocycles.